The molecule has 0 saturated heterocycles. The monoisotopic (exact) mass is 345 g/mol. The average Bonchev–Trinajstić information content (AvgIpc) is 3.09. The Labute approximate surface area is 151 Å². The Kier molecular flexibility index (Phi) is 4.05. The van der Waals surface area contributed by atoms with Gasteiger partial charge in [0.05, 0.1) is 7.11 Å². The topological polar surface area (TPSA) is 57.7 Å². The highest BCUT2D eigenvalue weighted by Crippen LogP contribution is 2.29. The maximum Gasteiger partial charge on any atom is 0.256 e. The smallest absolute Gasteiger partial charge is 0.256 e. The Hall–Kier alpha value is -3.34. The first kappa shape index (κ1) is 16.1. The molecule has 1 aliphatic rings. The molecule has 1 N–H and O–H groups in total. The van der Waals surface area contributed by atoms with E-state index in [-0.39, 0.29) is 5.91 Å². The molecule has 1 amide bonds. The number of H-pyrrole nitrogens is 1. The quantitative estimate of drug-likeness (QED) is 0.769. The number of hydrogen-bond donors (Lipinski definition) is 1. The predicted molar refractivity (Wildman–Crippen MR) is 103 cm³/mol. The highest BCUT2D eigenvalue weighted by Gasteiger charge is 2.33. The van der Waals surface area contributed by atoms with Crippen LogP contribution in [0.2, 0.25) is 0 Å². The van der Waals surface area contributed by atoms with Gasteiger partial charge in [-0.05, 0) is 17.7 Å². The number of aliphatic imine (C=N–C) groups is 1. The first-order valence-corrected chi connectivity index (χ1v) is 8.41. The number of carbonyl (C=O) groups is 1. The fourth-order valence-corrected chi connectivity index (χ4v) is 3.21. The third-order valence-corrected chi connectivity index (χ3v) is 4.61. The van der Waals surface area contributed by atoms with Crippen LogP contribution in [0.1, 0.15) is 17.2 Å². The van der Waals surface area contributed by atoms with Crippen molar-refractivity contribution in [3.63, 3.8) is 0 Å². The predicted octanol–water partition coefficient (Wildman–Crippen LogP) is 3.77. The first-order valence-electron chi connectivity index (χ1n) is 8.41. The molecule has 5 nitrogen and oxygen atoms in total. The van der Waals surface area contributed by atoms with Crippen molar-refractivity contribution in [2.75, 3.05) is 14.2 Å². The van der Waals surface area contributed by atoms with Gasteiger partial charge in [0.25, 0.3) is 5.91 Å². The SMILES string of the molecule is COC1=NC(c2ccccc2)C(=O)N(C)C1=Cc1c[nH]c2ccccc12. The number of benzene rings is 2. The Balaban J connectivity index is 1.80. The number of aromatic amines is 1. The lowest BCUT2D eigenvalue weighted by molar-refractivity contribution is -0.129. The van der Waals surface area contributed by atoms with Crippen LogP contribution in [0.4, 0.5) is 0 Å². The number of nitrogens with zero attached hydrogens (tertiary/aromatic N) is 2. The van der Waals surface area contributed by atoms with Gasteiger partial charge < -0.3 is 14.6 Å². The lowest BCUT2D eigenvalue weighted by atomic mass is 10.0. The Morgan fingerprint density at radius 2 is 1.85 bits per heavy atom. The average molecular weight is 345 g/mol. The van der Waals surface area contributed by atoms with Gasteiger partial charge in [0.1, 0.15) is 5.70 Å². The summed E-state index contributed by atoms with van der Waals surface area (Å²) in [5, 5.41) is 1.08. The van der Waals surface area contributed by atoms with Crippen LogP contribution in [0.15, 0.2) is 71.5 Å². The zero-order chi connectivity index (χ0) is 18.1. The van der Waals surface area contributed by atoms with Crippen molar-refractivity contribution in [2.45, 2.75) is 6.04 Å². The Morgan fingerprint density at radius 1 is 1.12 bits per heavy atom. The minimum Gasteiger partial charge on any atom is -0.480 e. The zero-order valence-electron chi connectivity index (χ0n) is 14.6. The van der Waals surface area contributed by atoms with Crippen molar-refractivity contribution in [3.05, 3.63) is 77.6 Å². The van der Waals surface area contributed by atoms with Crippen LogP contribution in [0, 0.1) is 0 Å². The molecule has 0 radical (unpaired) electrons. The number of ether oxygens (including phenoxy) is 1. The molecule has 0 aliphatic carbocycles. The summed E-state index contributed by atoms with van der Waals surface area (Å²) in [4.78, 5) is 22.3. The molecule has 0 bridgehead atoms. The summed E-state index contributed by atoms with van der Waals surface area (Å²) >= 11 is 0. The lowest BCUT2D eigenvalue weighted by Crippen LogP contribution is -2.38. The van der Waals surface area contributed by atoms with E-state index in [4.69, 9.17) is 4.74 Å². The van der Waals surface area contributed by atoms with Crippen LogP contribution < -0.4 is 0 Å². The van der Waals surface area contributed by atoms with Crippen molar-refractivity contribution in [1.29, 1.82) is 0 Å². The Bertz CT molecular complexity index is 1020. The molecule has 2 aromatic carbocycles. The van der Waals surface area contributed by atoms with Crippen LogP contribution in [-0.4, -0.2) is 35.8 Å². The molecule has 0 fully saturated rings. The molecule has 2 heterocycles. The molecule has 5 heteroatoms. The molecule has 4 rings (SSSR count). The third kappa shape index (κ3) is 2.67. The number of likely N-dealkylation sites (N-methyl/N-ethyl adjacent to an activating group) is 1. The summed E-state index contributed by atoms with van der Waals surface area (Å²) in [7, 11) is 3.33. The summed E-state index contributed by atoms with van der Waals surface area (Å²) < 4.78 is 5.51. The van der Waals surface area contributed by atoms with E-state index in [1.165, 1.54) is 0 Å². The van der Waals surface area contributed by atoms with Crippen LogP contribution in [0.3, 0.4) is 0 Å². The molecule has 130 valence electrons. The number of nitrogens with one attached hydrogen (secondary N) is 1. The van der Waals surface area contributed by atoms with Crippen LogP contribution in [0.25, 0.3) is 17.0 Å². The van der Waals surface area contributed by atoms with E-state index in [0.29, 0.717) is 11.6 Å². The number of rotatable bonds is 2. The molecule has 1 aliphatic heterocycles. The second-order valence-corrected chi connectivity index (χ2v) is 6.17. The van der Waals surface area contributed by atoms with Gasteiger partial charge in [-0.25, -0.2) is 4.99 Å². The summed E-state index contributed by atoms with van der Waals surface area (Å²) in [6.07, 6.45) is 3.85. The second kappa shape index (κ2) is 6.52. The molecule has 1 atom stereocenters. The number of hydrogen-bond acceptors (Lipinski definition) is 3. The number of amides is 1. The van der Waals surface area contributed by atoms with Crippen molar-refractivity contribution in [3.8, 4) is 0 Å². The van der Waals surface area contributed by atoms with Crippen molar-refractivity contribution in [1.82, 2.24) is 9.88 Å². The van der Waals surface area contributed by atoms with Crippen molar-refractivity contribution in [2.24, 2.45) is 4.99 Å². The summed E-state index contributed by atoms with van der Waals surface area (Å²) in [5.41, 5.74) is 3.53. The number of fused-ring (bicyclic) bond motifs is 1. The van der Waals surface area contributed by atoms with Crippen LogP contribution in [0.5, 0.6) is 0 Å². The number of methoxy groups -OCH3 is 1. The second-order valence-electron chi connectivity index (χ2n) is 6.17. The van der Waals surface area contributed by atoms with E-state index in [2.05, 4.69) is 9.98 Å². The van der Waals surface area contributed by atoms with E-state index in [0.717, 1.165) is 22.0 Å². The largest absolute Gasteiger partial charge is 0.480 e. The van der Waals surface area contributed by atoms with E-state index < -0.39 is 6.04 Å². The fourth-order valence-electron chi connectivity index (χ4n) is 3.21. The number of carbonyl (C=O) groups excluding carboxylic acids is 1. The minimum absolute atomic E-state index is 0.0805. The third-order valence-electron chi connectivity index (χ3n) is 4.61. The Morgan fingerprint density at radius 3 is 2.62 bits per heavy atom. The zero-order valence-corrected chi connectivity index (χ0v) is 14.6. The highest BCUT2D eigenvalue weighted by atomic mass is 16.5. The normalized spacial score (nSPS) is 19.1. The van der Waals surface area contributed by atoms with Gasteiger partial charge >= 0.3 is 0 Å². The van der Waals surface area contributed by atoms with E-state index in [1.807, 2.05) is 66.9 Å². The van der Waals surface area contributed by atoms with E-state index >= 15 is 0 Å². The van der Waals surface area contributed by atoms with Crippen LogP contribution in [-0.2, 0) is 9.53 Å². The summed E-state index contributed by atoms with van der Waals surface area (Å²) in [6.45, 7) is 0. The molecule has 0 spiro atoms. The lowest BCUT2D eigenvalue weighted by Gasteiger charge is -2.29. The maximum absolute atomic E-state index is 12.9. The van der Waals surface area contributed by atoms with Gasteiger partial charge in [0.15, 0.2) is 6.04 Å². The number of para-hydroxylation sites is 1. The van der Waals surface area contributed by atoms with E-state index in [9.17, 15) is 4.79 Å². The standard InChI is InChI=1S/C21H19N3O2/c1-24-18(12-15-13-22-17-11-7-6-10-16(15)17)20(26-2)23-19(21(24)25)14-8-4-3-5-9-14/h3-13,19,22H,1-2H3. The van der Waals surface area contributed by atoms with Gasteiger partial charge in [-0.3, -0.25) is 4.79 Å². The molecule has 26 heavy (non-hydrogen) atoms. The fraction of sp³-hybridized carbons (Fsp3) is 0.143. The van der Waals surface area contributed by atoms with Gasteiger partial charge in [0.2, 0.25) is 5.90 Å². The van der Waals surface area contributed by atoms with E-state index in [1.54, 1.807) is 19.1 Å². The first-order chi connectivity index (χ1) is 12.7. The van der Waals surface area contributed by atoms with Crippen molar-refractivity contribution < 1.29 is 9.53 Å². The molecule has 1 unspecified atom stereocenters. The van der Waals surface area contributed by atoms with Gasteiger partial charge in [-0.1, -0.05) is 48.5 Å². The highest BCUT2D eigenvalue weighted by molar-refractivity contribution is 6.07. The molecular weight excluding hydrogens is 326 g/mol. The summed E-state index contributed by atoms with van der Waals surface area (Å²) in [5.74, 6) is 0.370. The van der Waals surface area contributed by atoms with Crippen LogP contribution >= 0.6 is 0 Å². The van der Waals surface area contributed by atoms with Gasteiger partial charge in [-0.15, -0.1) is 0 Å². The van der Waals surface area contributed by atoms with Crippen molar-refractivity contribution >= 4 is 28.8 Å². The van der Waals surface area contributed by atoms with Gasteiger partial charge in [-0.2, -0.15) is 0 Å². The van der Waals surface area contributed by atoms with Gasteiger partial charge in [0, 0.05) is 29.7 Å². The molecule has 3 aromatic rings. The minimum atomic E-state index is -0.587. The number of aromatic nitrogens is 1. The molecule has 0 saturated carbocycles. The summed E-state index contributed by atoms with van der Waals surface area (Å²) in [6, 6.07) is 17.0. The molecule has 1 aromatic heterocycles. The molecular formula is C21H19N3O2. The maximum atomic E-state index is 12.9.